The second-order valence-corrected chi connectivity index (χ2v) is 10.7. The Morgan fingerprint density at radius 1 is 0.838 bits per heavy atom. The number of halogens is 1. The molecule has 0 unspecified atom stereocenters. The molecule has 1 aromatic heterocycles. The van der Waals surface area contributed by atoms with Gasteiger partial charge in [-0.1, -0.05) is 24.4 Å². The number of fused-ring (bicyclic) bond motifs is 1. The molecule has 1 N–H and O–H groups in total. The van der Waals surface area contributed by atoms with Gasteiger partial charge in [-0.2, -0.15) is 5.26 Å². The zero-order valence-electron chi connectivity index (χ0n) is 21.6. The van der Waals surface area contributed by atoms with Crippen molar-refractivity contribution in [3.05, 3.63) is 64.6 Å². The van der Waals surface area contributed by atoms with Crippen LogP contribution in [0.3, 0.4) is 0 Å². The van der Waals surface area contributed by atoms with E-state index < -0.39 is 0 Å². The number of hydrogen-bond donors (Lipinski definition) is 1. The molecule has 0 spiro atoms. The van der Waals surface area contributed by atoms with Gasteiger partial charge in [0, 0.05) is 48.5 Å². The molecule has 0 saturated carbocycles. The normalized spacial score (nSPS) is 17.7. The van der Waals surface area contributed by atoms with Crippen LogP contribution in [-0.2, 0) is 6.54 Å². The fourth-order valence-electron chi connectivity index (χ4n) is 5.54. The van der Waals surface area contributed by atoms with Crippen molar-refractivity contribution in [3.63, 3.8) is 0 Å². The third-order valence-electron chi connectivity index (χ3n) is 7.57. The summed E-state index contributed by atoms with van der Waals surface area (Å²) in [5, 5.41) is 15.8. The van der Waals surface area contributed by atoms with Crippen LogP contribution in [0.1, 0.15) is 44.1 Å². The van der Waals surface area contributed by atoms with Crippen molar-refractivity contribution >= 4 is 33.9 Å². The van der Waals surface area contributed by atoms with E-state index in [1.807, 2.05) is 30.3 Å². The van der Waals surface area contributed by atoms with E-state index in [0.717, 1.165) is 58.8 Å². The lowest BCUT2D eigenvalue weighted by atomic mass is 10.1. The van der Waals surface area contributed by atoms with Crippen molar-refractivity contribution in [3.8, 4) is 6.07 Å². The van der Waals surface area contributed by atoms with Gasteiger partial charge in [-0.3, -0.25) is 0 Å². The van der Waals surface area contributed by atoms with Gasteiger partial charge >= 0.3 is 0 Å². The molecular weight excluding hydrogens is 480 g/mol. The van der Waals surface area contributed by atoms with Crippen molar-refractivity contribution in [2.75, 3.05) is 51.1 Å². The molecule has 2 aliphatic heterocycles. The highest BCUT2D eigenvalue weighted by molar-refractivity contribution is 6.31. The number of aromatic nitrogens is 1. The Hall–Kier alpha value is -2.85. The standard InChI is InChI=1S/C30H37ClN6/c31-25-7-8-28-29(9-15-37(30(28)21-25)18-17-36-13-5-2-6-14-36)34-27-20-24(23-32)19-26(22-27)33-10-16-35-11-3-1-4-12-35/h7-9,15,19-22,33H,1-6,10-14,16-18H2/b34-29-. The topological polar surface area (TPSA) is 59.6 Å². The van der Waals surface area contributed by atoms with Crippen molar-refractivity contribution in [1.29, 1.82) is 5.26 Å². The van der Waals surface area contributed by atoms with Gasteiger partial charge in [0.05, 0.1) is 28.2 Å². The number of nitriles is 1. The summed E-state index contributed by atoms with van der Waals surface area (Å²) in [6.07, 6.45) is 9.99. The first-order valence-corrected chi connectivity index (χ1v) is 14.1. The minimum Gasteiger partial charge on any atom is -0.384 e. The Labute approximate surface area is 225 Å². The van der Waals surface area contributed by atoms with Gasteiger partial charge in [0.1, 0.15) is 0 Å². The number of rotatable bonds is 8. The lowest BCUT2D eigenvalue weighted by Gasteiger charge is -2.27. The Kier molecular flexibility index (Phi) is 8.78. The summed E-state index contributed by atoms with van der Waals surface area (Å²) in [6, 6.07) is 16.2. The molecule has 0 amide bonds. The van der Waals surface area contributed by atoms with Crippen molar-refractivity contribution < 1.29 is 0 Å². The van der Waals surface area contributed by atoms with E-state index in [1.54, 1.807) is 0 Å². The lowest BCUT2D eigenvalue weighted by molar-refractivity contribution is 0.221. The Morgan fingerprint density at radius 2 is 1.57 bits per heavy atom. The van der Waals surface area contributed by atoms with E-state index in [9.17, 15) is 5.26 Å². The van der Waals surface area contributed by atoms with Crippen LogP contribution in [0, 0.1) is 11.3 Å². The maximum absolute atomic E-state index is 9.64. The Bertz CT molecular complexity index is 1310. The molecule has 2 aromatic carbocycles. The molecule has 5 rings (SSSR count). The molecule has 6 nitrogen and oxygen atoms in total. The van der Waals surface area contributed by atoms with Crippen LogP contribution in [0.15, 0.2) is 53.7 Å². The zero-order chi connectivity index (χ0) is 25.5. The summed E-state index contributed by atoms with van der Waals surface area (Å²) in [7, 11) is 0. The highest BCUT2D eigenvalue weighted by Gasteiger charge is 2.12. The zero-order valence-corrected chi connectivity index (χ0v) is 22.4. The van der Waals surface area contributed by atoms with Gasteiger partial charge in [-0.25, -0.2) is 4.99 Å². The average Bonchev–Trinajstić information content (AvgIpc) is 2.93. The van der Waals surface area contributed by atoms with Gasteiger partial charge in [-0.05, 0) is 94.3 Å². The number of benzene rings is 2. The van der Waals surface area contributed by atoms with Crippen molar-refractivity contribution in [1.82, 2.24) is 14.4 Å². The number of nitrogens with zero attached hydrogens (tertiary/aromatic N) is 5. The molecule has 2 fully saturated rings. The summed E-state index contributed by atoms with van der Waals surface area (Å²) >= 11 is 6.41. The molecule has 3 aromatic rings. The smallest absolute Gasteiger partial charge is 0.0993 e. The van der Waals surface area contributed by atoms with Gasteiger partial charge < -0.3 is 19.7 Å². The minimum atomic E-state index is 0.613. The fraction of sp³-hybridized carbons (Fsp3) is 0.467. The monoisotopic (exact) mass is 516 g/mol. The summed E-state index contributed by atoms with van der Waals surface area (Å²) < 4.78 is 2.29. The number of piperidine rings is 2. The Morgan fingerprint density at radius 3 is 2.30 bits per heavy atom. The summed E-state index contributed by atoms with van der Waals surface area (Å²) in [6.45, 7) is 8.59. The minimum absolute atomic E-state index is 0.613. The first-order chi connectivity index (χ1) is 18.2. The average molecular weight is 517 g/mol. The number of hydrogen-bond acceptors (Lipinski definition) is 5. The molecule has 37 heavy (non-hydrogen) atoms. The van der Waals surface area contributed by atoms with E-state index in [-0.39, 0.29) is 0 Å². The highest BCUT2D eigenvalue weighted by Crippen LogP contribution is 2.23. The molecule has 194 valence electrons. The first-order valence-electron chi connectivity index (χ1n) is 13.8. The quantitative estimate of drug-likeness (QED) is 0.412. The molecule has 0 bridgehead atoms. The summed E-state index contributed by atoms with van der Waals surface area (Å²) in [5.74, 6) is 0. The fourth-order valence-corrected chi connectivity index (χ4v) is 5.70. The second-order valence-electron chi connectivity index (χ2n) is 10.3. The third-order valence-corrected chi connectivity index (χ3v) is 7.80. The number of anilines is 1. The van der Waals surface area contributed by atoms with Crippen LogP contribution >= 0.6 is 11.6 Å². The maximum atomic E-state index is 9.64. The van der Waals surface area contributed by atoms with Crippen LogP contribution in [-0.4, -0.2) is 60.2 Å². The molecule has 0 atom stereocenters. The molecule has 3 heterocycles. The predicted octanol–water partition coefficient (Wildman–Crippen LogP) is 5.78. The van der Waals surface area contributed by atoms with Crippen LogP contribution in [0.4, 0.5) is 11.4 Å². The van der Waals surface area contributed by atoms with Crippen LogP contribution in [0.25, 0.3) is 10.9 Å². The van der Waals surface area contributed by atoms with Crippen molar-refractivity contribution in [2.24, 2.45) is 4.99 Å². The highest BCUT2D eigenvalue weighted by atomic mass is 35.5. The van der Waals surface area contributed by atoms with Crippen LogP contribution < -0.4 is 10.7 Å². The number of likely N-dealkylation sites (tertiary alicyclic amines) is 2. The molecule has 7 heteroatoms. The maximum Gasteiger partial charge on any atom is 0.0993 e. The third kappa shape index (κ3) is 6.93. The number of pyridine rings is 1. The summed E-state index contributed by atoms with van der Waals surface area (Å²) in [4.78, 5) is 10.1. The summed E-state index contributed by atoms with van der Waals surface area (Å²) in [5.41, 5.74) is 3.42. The Balaban J connectivity index is 1.38. The second kappa shape index (κ2) is 12.6. The SMILES string of the molecule is N#Cc1cc(/N=c2/ccn(CCN3CCCCC3)c3cc(Cl)ccc23)cc(NCCN2CCCCC2)c1. The van der Waals surface area contributed by atoms with Crippen LogP contribution in [0.5, 0.6) is 0 Å². The molecule has 0 aliphatic carbocycles. The van der Waals surface area contributed by atoms with Gasteiger partial charge in [0.25, 0.3) is 0 Å². The molecular formula is C30H37ClN6. The molecule has 2 aliphatic rings. The first kappa shape index (κ1) is 25.8. The largest absolute Gasteiger partial charge is 0.384 e. The van der Waals surface area contributed by atoms with E-state index in [4.69, 9.17) is 16.6 Å². The van der Waals surface area contributed by atoms with E-state index in [0.29, 0.717) is 5.56 Å². The number of nitrogens with one attached hydrogen (secondary N) is 1. The van der Waals surface area contributed by atoms with E-state index in [2.05, 4.69) is 44.1 Å². The predicted molar refractivity (Wildman–Crippen MR) is 152 cm³/mol. The van der Waals surface area contributed by atoms with Gasteiger partial charge in [0.2, 0.25) is 0 Å². The van der Waals surface area contributed by atoms with Crippen molar-refractivity contribution in [2.45, 2.75) is 45.1 Å². The van der Waals surface area contributed by atoms with E-state index >= 15 is 0 Å². The molecule has 2 saturated heterocycles. The van der Waals surface area contributed by atoms with Gasteiger partial charge in [-0.15, -0.1) is 0 Å². The molecule has 0 radical (unpaired) electrons. The van der Waals surface area contributed by atoms with Gasteiger partial charge in [0.15, 0.2) is 0 Å². The van der Waals surface area contributed by atoms with Crippen LogP contribution in [0.2, 0.25) is 5.02 Å². The van der Waals surface area contributed by atoms with E-state index in [1.165, 1.54) is 64.7 Å². The lowest BCUT2D eigenvalue weighted by Crippen LogP contribution is -2.33.